The smallest absolute Gasteiger partial charge is 0.417 e. The van der Waals surface area contributed by atoms with Gasteiger partial charge in [-0.15, -0.1) is 0 Å². The Morgan fingerprint density at radius 1 is 1.13 bits per heavy atom. The minimum Gasteiger partial charge on any atom is -0.497 e. The van der Waals surface area contributed by atoms with E-state index in [9.17, 15) is 21.6 Å². The number of halogens is 4. The normalized spacial score (nSPS) is 12.4. The van der Waals surface area contributed by atoms with Gasteiger partial charge in [-0.2, -0.15) is 17.5 Å². The van der Waals surface area contributed by atoms with Crippen LogP contribution in [0, 0.1) is 0 Å². The average Bonchev–Trinajstić information content (AvgIpc) is 3.15. The number of methoxy groups -OCH3 is 1. The molecule has 0 saturated carbocycles. The maximum atomic E-state index is 13.3. The van der Waals surface area contributed by atoms with Gasteiger partial charge in [-0.05, 0) is 42.5 Å². The Bertz CT molecular complexity index is 1150. The number of aromatic nitrogens is 1. The molecule has 6 nitrogen and oxygen atoms in total. The minimum atomic E-state index is -4.89. The van der Waals surface area contributed by atoms with Crippen LogP contribution < -0.4 is 4.74 Å². The first-order chi connectivity index (χ1) is 14.0. The summed E-state index contributed by atoms with van der Waals surface area (Å²) >= 11 is 5.62. The zero-order chi connectivity index (χ0) is 22.1. The fourth-order valence-corrected chi connectivity index (χ4v) is 4.20. The lowest BCUT2D eigenvalue weighted by Gasteiger charge is -2.19. The molecule has 0 aliphatic rings. The average molecular weight is 461 g/mol. The summed E-state index contributed by atoms with van der Waals surface area (Å²) in [5, 5.41) is 3.66. The summed E-state index contributed by atoms with van der Waals surface area (Å²) in [6.45, 7) is -0.314. The molecule has 2 aromatic carbocycles. The third kappa shape index (κ3) is 4.61. The van der Waals surface area contributed by atoms with Crippen molar-refractivity contribution in [3.05, 3.63) is 64.9 Å². The van der Waals surface area contributed by atoms with Gasteiger partial charge in [0.2, 0.25) is 10.0 Å². The van der Waals surface area contributed by atoms with Gasteiger partial charge in [0.1, 0.15) is 11.4 Å². The number of alkyl halides is 3. The summed E-state index contributed by atoms with van der Waals surface area (Å²) in [6.07, 6.45) is -4.89. The molecule has 3 aromatic rings. The lowest BCUT2D eigenvalue weighted by atomic mass is 10.1. The molecular weight excluding hydrogens is 445 g/mol. The Balaban J connectivity index is 1.86. The van der Waals surface area contributed by atoms with Crippen LogP contribution in [-0.2, 0) is 22.7 Å². The first-order valence-electron chi connectivity index (χ1n) is 8.45. The molecule has 11 heteroatoms. The molecule has 0 atom stereocenters. The number of hydrogen-bond donors (Lipinski definition) is 0. The number of sulfonamides is 1. The van der Waals surface area contributed by atoms with Crippen LogP contribution >= 0.6 is 11.6 Å². The molecular formula is C19H16ClF3N2O4S. The fraction of sp³-hybridized carbons (Fsp3) is 0.211. The van der Waals surface area contributed by atoms with Gasteiger partial charge in [0, 0.05) is 23.7 Å². The molecule has 0 bridgehead atoms. The molecule has 0 spiro atoms. The Kier molecular flexibility index (Phi) is 6.11. The summed E-state index contributed by atoms with van der Waals surface area (Å²) in [4.78, 5) is -0.892. The molecule has 3 rings (SSSR count). The van der Waals surface area contributed by atoms with Crippen molar-refractivity contribution in [2.75, 3.05) is 14.2 Å². The quantitative estimate of drug-likeness (QED) is 0.526. The van der Waals surface area contributed by atoms with Crippen molar-refractivity contribution in [3.63, 3.8) is 0 Å². The van der Waals surface area contributed by atoms with E-state index < -0.39 is 26.7 Å². The van der Waals surface area contributed by atoms with Crippen molar-refractivity contribution < 1.29 is 30.8 Å². The first-order valence-corrected chi connectivity index (χ1v) is 10.3. The van der Waals surface area contributed by atoms with Crippen molar-refractivity contribution in [3.8, 4) is 17.0 Å². The minimum absolute atomic E-state index is 0.161. The summed E-state index contributed by atoms with van der Waals surface area (Å²) in [5.74, 6) is 0.811. The number of hydrogen-bond acceptors (Lipinski definition) is 5. The number of ether oxygens (including phenoxy) is 1. The largest absolute Gasteiger partial charge is 0.497 e. The first kappa shape index (κ1) is 22.1. The predicted molar refractivity (Wildman–Crippen MR) is 104 cm³/mol. The van der Waals surface area contributed by atoms with Crippen LogP contribution in [0.5, 0.6) is 5.75 Å². The van der Waals surface area contributed by atoms with Crippen LogP contribution in [0.1, 0.15) is 11.3 Å². The number of nitrogens with zero attached hydrogens (tertiary/aromatic N) is 2. The van der Waals surface area contributed by atoms with Gasteiger partial charge in [0.25, 0.3) is 0 Å². The highest BCUT2D eigenvalue weighted by Crippen LogP contribution is 2.37. The third-order valence-corrected chi connectivity index (χ3v) is 6.36. The summed E-state index contributed by atoms with van der Waals surface area (Å²) in [6, 6.07) is 10.9. The molecule has 0 fully saturated rings. The topological polar surface area (TPSA) is 72.6 Å². The van der Waals surface area contributed by atoms with Crippen LogP contribution in [0.15, 0.2) is 57.9 Å². The number of rotatable bonds is 6. The summed E-state index contributed by atoms with van der Waals surface area (Å²) < 4.78 is 76.5. The van der Waals surface area contributed by atoms with Gasteiger partial charge >= 0.3 is 6.18 Å². The van der Waals surface area contributed by atoms with Gasteiger partial charge in [-0.3, -0.25) is 0 Å². The van der Waals surface area contributed by atoms with Gasteiger partial charge in [0.05, 0.1) is 24.1 Å². The van der Waals surface area contributed by atoms with Crippen molar-refractivity contribution in [2.45, 2.75) is 17.6 Å². The monoisotopic (exact) mass is 460 g/mol. The van der Waals surface area contributed by atoms with Crippen molar-refractivity contribution in [1.29, 1.82) is 0 Å². The van der Waals surface area contributed by atoms with Crippen LogP contribution in [0.2, 0.25) is 5.02 Å². The summed E-state index contributed by atoms with van der Waals surface area (Å²) in [5.41, 5.74) is -0.187. The Hall–Kier alpha value is -2.56. The Morgan fingerprint density at radius 3 is 2.40 bits per heavy atom. The van der Waals surface area contributed by atoms with E-state index in [0.717, 1.165) is 23.5 Å². The standard InChI is InChI=1S/C19H16ClF3N2O4S/c1-25(30(26,27)18-8-5-13(20)9-16(18)19(21,22)23)11-15-10-17(24-29-15)12-3-6-14(28-2)7-4-12/h3-10H,11H2,1-2H3. The van der Waals surface area contributed by atoms with Crippen LogP contribution in [0.3, 0.4) is 0 Å². The van der Waals surface area contributed by atoms with Crippen LogP contribution in [-0.4, -0.2) is 32.0 Å². The zero-order valence-corrected chi connectivity index (χ0v) is 17.3. The zero-order valence-electron chi connectivity index (χ0n) is 15.8. The van der Waals surface area contributed by atoms with E-state index >= 15 is 0 Å². The van der Waals surface area contributed by atoms with Crippen LogP contribution in [0.25, 0.3) is 11.3 Å². The van der Waals surface area contributed by atoms with E-state index in [1.807, 2.05) is 0 Å². The molecule has 0 saturated heterocycles. The lowest BCUT2D eigenvalue weighted by Crippen LogP contribution is -2.28. The van der Waals surface area contributed by atoms with E-state index in [-0.39, 0.29) is 17.3 Å². The van der Waals surface area contributed by atoms with E-state index in [0.29, 0.717) is 23.1 Å². The van der Waals surface area contributed by atoms with Crippen molar-refractivity contribution in [1.82, 2.24) is 9.46 Å². The van der Waals surface area contributed by atoms with E-state index in [2.05, 4.69) is 5.16 Å². The SMILES string of the molecule is COc1ccc(-c2cc(CN(C)S(=O)(=O)c3ccc(Cl)cc3C(F)(F)F)on2)cc1. The highest BCUT2D eigenvalue weighted by Gasteiger charge is 2.38. The maximum Gasteiger partial charge on any atom is 0.417 e. The molecule has 0 amide bonds. The molecule has 0 N–H and O–H groups in total. The summed E-state index contributed by atoms with van der Waals surface area (Å²) in [7, 11) is -1.80. The van der Waals surface area contributed by atoms with Gasteiger partial charge in [0.15, 0.2) is 5.76 Å². The van der Waals surface area contributed by atoms with Crippen molar-refractivity contribution in [2.24, 2.45) is 0 Å². The molecule has 0 aliphatic heterocycles. The fourth-order valence-electron chi connectivity index (χ4n) is 2.71. The van der Waals surface area contributed by atoms with Gasteiger partial charge in [-0.1, -0.05) is 16.8 Å². The van der Waals surface area contributed by atoms with E-state index in [1.165, 1.54) is 13.2 Å². The number of benzene rings is 2. The second-order valence-electron chi connectivity index (χ2n) is 6.31. The lowest BCUT2D eigenvalue weighted by molar-refractivity contribution is -0.139. The second kappa shape index (κ2) is 8.29. The molecule has 1 aromatic heterocycles. The molecule has 0 radical (unpaired) electrons. The van der Waals surface area contributed by atoms with Gasteiger partial charge < -0.3 is 9.26 Å². The molecule has 0 unspecified atom stereocenters. The van der Waals surface area contributed by atoms with Crippen LogP contribution in [0.4, 0.5) is 13.2 Å². The molecule has 30 heavy (non-hydrogen) atoms. The second-order valence-corrected chi connectivity index (χ2v) is 8.76. The van der Waals surface area contributed by atoms with E-state index in [4.69, 9.17) is 20.9 Å². The van der Waals surface area contributed by atoms with Gasteiger partial charge in [-0.25, -0.2) is 8.42 Å². The third-order valence-electron chi connectivity index (χ3n) is 4.26. The highest BCUT2D eigenvalue weighted by atomic mass is 35.5. The Labute approximate surface area is 175 Å². The molecule has 160 valence electrons. The highest BCUT2D eigenvalue weighted by molar-refractivity contribution is 7.89. The van der Waals surface area contributed by atoms with E-state index in [1.54, 1.807) is 24.3 Å². The molecule has 1 heterocycles. The molecule has 0 aliphatic carbocycles. The van der Waals surface area contributed by atoms with Crippen molar-refractivity contribution >= 4 is 21.6 Å². The Morgan fingerprint density at radius 2 is 1.80 bits per heavy atom. The predicted octanol–water partition coefficient (Wildman–Crippen LogP) is 4.84. The maximum absolute atomic E-state index is 13.3.